The fraction of sp³-hybridized carbons (Fsp3) is 0.143. The van der Waals surface area contributed by atoms with Gasteiger partial charge in [0.05, 0.1) is 6.61 Å². The lowest BCUT2D eigenvalue weighted by Crippen LogP contribution is -2.40. The summed E-state index contributed by atoms with van der Waals surface area (Å²) in [5.41, 5.74) is 0.812. The average molecular weight is 274 g/mol. The summed E-state index contributed by atoms with van der Waals surface area (Å²) in [6.07, 6.45) is 0. The van der Waals surface area contributed by atoms with E-state index in [0.717, 1.165) is 16.3 Å². The third-order valence-electron chi connectivity index (χ3n) is 2.66. The summed E-state index contributed by atoms with van der Waals surface area (Å²) in [4.78, 5) is 11.9. The molecule has 0 unspecified atom stereocenters. The molecule has 0 aliphatic heterocycles. The number of hydrogen-bond acceptors (Lipinski definition) is 3. The first-order chi connectivity index (χ1) is 9.22. The van der Waals surface area contributed by atoms with Gasteiger partial charge in [0.25, 0.3) is 0 Å². The van der Waals surface area contributed by atoms with Crippen LogP contribution in [0.3, 0.4) is 0 Å². The van der Waals surface area contributed by atoms with Crippen molar-refractivity contribution in [3.8, 4) is 0 Å². The van der Waals surface area contributed by atoms with Gasteiger partial charge in [-0.1, -0.05) is 54.7 Å². The predicted molar refractivity (Wildman–Crippen MR) is 79.3 cm³/mol. The topological polar surface area (TPSA) is 61.4 Å². The zero-order chi connectivity index (χ0) is 13.7. The van der Waals surface area contributed by atoms with Crippen molar-refractivity contribution in [1.29, 1.82) is 0 Å². The lowest BCUT2D eigenvalue weighted by atomic mass is 10.0. The van der Waals surface area contributed by atoms with Gasteiger partial charge in [0.1, 0.15) is 4.99 Å². The number of fused-ring (bicyclic) bond motifs is 1. The van der Waals surface area contributed by atoms with Crippen molar-refractivity contribution in [3.63, 3.8) is 0 Å². The van der Waals surface area contributed by atoms with Crippen LogP contribution in [0.1, 0.15) is 5.56 Å². The first-order valence-corrected chi connectivity index (χ1v) is 6.31. The number of thiocarbonyl (C=S) groups is 1. The van der Waals surface area contributed by atoms with Crippen LogP contribution in [0.15, 0.2) is 42.5 Å². The number of benzene rings is 2. The van der Waals surface area contributed by atoms with E-state index in [9.17, 15) is 4.79 Å². The molecule has 0 saturated carbocycles. The van der Waals surface area contributed by atoms with Gasteiger partial charge < -0.3 is 10.4 Å². The lowest BCUT2D eigenvalue weighted by molar-refractivity contribution is 0.238. The Morgan fingerprint density at radius 2 is 1.89 bits per heavy atom. The van der Waals surface area contributed by atoms with E-state index in [4.69, 9.17) is 17.3 Å². The Bertz CT molecular complexity index is 608. The Morgan fingerprint density at radius 1 is 1.16 bits per heavy atom. The summed E-state index contributed by atoms with van der Waals surface area (Å²) in [5.74, 6) is 0. The summed E-state index contributed by atoms with van der Waals surface area (Å²) in [5, 5.41) is 15.8. The van der Waals surface area contributed by atoms with E-state index in [-0.39, 0.29) is 13.2 Å². The van der Waals surface area contributed by atoms with Crippen LogP contribution in [0.25, 0.3) is 10.8 Å². The molecule has 0 aliphatic rings. The van der Waals surface area contributed by atoms with Gasteiger partial charge in [-0.05, 0) is 10.8 Å². The normalized spacial score (nSPS) is 10.2. The van der Waals surface area contributed by atoms with E-state index in [2.05, 4.69) is 10.6 Å². The summed E-state index contributed by atoms with van der Waals surface area (Å²) in [7, 11) is 0. The maximum absolute atomic E-state index is 11.5. The third-order valence-corrected chi connectivity index (χ3v) is 2.98. The molecule has 98 valence electrons. The number of carbonyl (C=O) groups is 1. The van der Waals surface area contributed by atoms with Gasteiger partial charge in [-0.25, -0.2) is 4.79 Å². The number of hydrogen-bond donors (Lipinski definition) is 3. The van der Waals surface area contributed by atoms with Gasteiger partial charge in [0.2, 0.25) is 0 Å². The Morgan fingerprint density at radius 3 is 2.68 bits per heavy atom. The zero-order valence-electron chi connectivity index (χ0n) is 10.2. The minimum atomic E-state index is -0.410. The van der Waals surface area contributed by atoms with E-state index in [1.807, 2.05) is 42.5 Å². The standard InChI is InChI=1S/C14H14N2O2S/c17-9-8-15-14(18)16-13(19)12-7-3-5-10-4-1-2-6-11(10)12/h1-7,17H,8-9H2,(H2,15,16,18,19). The molecule has 19 heavy (non-hydrogen) atoms. The van der Waals surface area contributed by atoms with Crippen LogP contribution < -0.4 is 10.6 Å². The Kier molecular flexibility index (Phi) is 4.43. The minimum Gasteiger partial charge on any atom is -0.395 e. The maximum atomic E-state index is 11.5. The number of carbonyl (C=O) groups excluding carboxylic acids is 1. The molecule has 2 rings (SSSR count). The monoisotopic (exact) mass is 274 g/mol. The largest absolute Gasteiger partial charge is 0.395 e. The number of urea groups is 1. The van der Waals surface area contributed by atoms with Crippen molar-refractivity contribution in [2.75, 3.05) is 13.2 Å². The highest BCUT2D eigenvalue weighted by Crippen LogP contribution is 2.18. The first-order valence-electron chi connectivity index (χ1n) is 5.90. The highest BCUT2D eigenvalue weighted by atomic mass is 32.1. The highest BCUT2D eigenvalue weighted by Gasteiger charge is 2.08. The van der Waals surface area contributed by atoms with Crippen molar-refractivity contribution in [2.24, 2.45) is 0 Å². The van der Waals surface area contributed by atoms with E-state index in [1.165, 1.54) is 0 Å². The molecule has 0 saturated heterocycles. The van der Waals surface area contributed by atoms with Crippen LogP contribution in [0.5, 0.6) is 0 Å². The summed E-state index contributed by atoms with van der Waals surface area (Å²) in [6, 6.07) is 13.2. The molecule has 0 bridgehead atoms. The third kappa shape index (κ3) is 3.27. The van der Waals surface area contributed by atoms with Gasteiger partial charge in [-0.15, -0.1) is 0 Å². The van der Waals surface area contributed by atoms with Crippen LogP contribution in [-0.2, 0) is 0 Å². The molecule has 2 aromatic rings. The van der Waals surface area contributed by atoms with Crippen LogP contribution in [0, 0.1) is 0 Å². The zero-order valence-corrected chi connectivity index (χ0v) is 11.0. The number of amides is 2. The second kappa shape index (κ2) is 6.26. The van der Waals surface area contributed by atoms with Gasteiger partial charge in [0, 0.05) is 12.1 Å². The van der Waals surface area contributed by atoms with E-state index < -0.39 is 6.03 Å². The van der Waals surface area contributed by atoms with Gasteiger partial charge in [-0.3, -0.25) is 5.32 Å². The smallest absolute Gasteiger partial charge is 0.319 e. The summed E-state index contributed by atoms with van der Waals surface area (Å²) < 4.78 is 0. The maximum Gasteiger partial charge on any atom is 0.319 e. The van der Waals surface area contributed by atoms with Crippen LogP contribution >= 0.6 is 12.2 Å². The molecule has 4 nitrogen and oxygen atoms in total. The van der Waals surface area contributed by atoms with E-state index in [0.29, 0.717) is 4.99 Å². The molecule has 0 spiro atoms. The molecule has 3 N–H and O–H groups in total. The average Bonchev–Trinajstić information content (AvgIpc) is 2.44. The summed E-state index contributed by atoms with van der Waals surface area (Å²) >= 11 is 5.24. The molecule has 2 aromatic carbocycles. The Balaban J connectivity index is 2.20. The Hall–Kier alpha value is -1.98. The molecule has 0 aromatic heterocycles. The fourth-order valence-corrected chi connectivity index (χ4v) is 2.08. The first kappa shape index (κ1) is 13.5. The fourth-order valence-electron chi connectivity index (χ4n) is 1.81. The Labute approximate surface area is 116 Å². The van der Waals surface area contributed by atoms with Crippen LogP contribution in [-0.4, -0.2) is 29.3 Å². The molecule has 0 atom stereocenters. The quantitative estimate of drug-likeness (QED) is 0.748. The lowest BCUT2D eigenvalue weighted by Gasteiger charge is -2.10. The van der Waals surface area contributed by atoms with E-state index in [1.54, 1.807) is 0 Å². The van der Waals surface area contributed by atoms with E-state index >= 15 is 0 Å². The molecular weight excluding hydrogens is 260 g/mol. The van der Waals surface area contributed by atoms with Crippen LogP contribution in [0.4, 0.5) is 4.79 Å². The molecule has 0 aliphatic carbocycles. The summed E-state index contributed by atoms with van der Waals surface area (Å²) in [6.45, 7) is 0.0957. The van der Waals surface area contributed by atoms with Crippen molar-refractivity contribution >= 4 is 34.0 Å². The number of aliphatic hydroxyl groups is 1. The van der Waals surface area contributed by atoms with Crippen molar-refractivity contribution < 1.29 is 9.90 Å². The molecule has 0 fully saturated rings. The van der Waals surface area contributed by atoms with Gasteiger partial charge >= 0.3 is 6.03 Å². The minimum absolute atomic E-state index is 0.103. The number of nitrogens with one attached hydrogen (secondary N) is 2. The molecule has 0 heterocycles. The van der Waals surface area contributed by atoms with Gasteiger partial charge in [0.15, 0.2) is 0 Å². The molecule has 5 heteroatoms. The second-order valence-corrected chi connectivity index (χ2v) is 4.37. The van der Waals surface area contributed by atoms with Crippen LogP contribution in [0.2, 0.25) is 0 Å². The number of aliphatic hydroxyl groups excluding tert-OH is 1. The molecule has 2 amide bonds. The molecular formula is C14H14N2O2S. The molecule has 0 radical (unpaired) electrons. The predicted octanol–water partition coefficient (Wildman–Crippen LogP) is 1.81. The SMILES string of the molecule is O=C(NCCO)NC(=S)c1cccc2ccccc12. The van der Waals surface area contributed by atoms with Crippen molar-refractivity contribution in [2.45, 2.75) is 0 Å². The van der Waals surface area contributed by atoms with Crippen molar-refractivity contribution in [1.82, 2.24) is 10.6 Å². The number of rotatable bonds is 3. The second-order valence-electron chi connectivity index (χ2n) is 3.96. The highest BCUT2D eigenvalue weighted by molar-refractivity contribution is 7.80. The van der Waals surface area contributed by atoms with Crippen molar-refractivity contribution in [3.05, 3.63) is 48.0 Å². The van der Waals surface area contributed by atoms with Gasteiger partial charge in [-0.2, -0.15) is 0 Å².